The lowest BCUT2D eigenvalue weighted by molar-refractivity contribution is 0.934. The summed E-state index contributed by atoms with van der Waals surface area (Å²) in [4.78, 5) is 8.89. The molecule has 0 N–H and O–H groups in total. The van der Waals surface area contributed by atoms with E-state index in [1.165, 1.54) is 11.1 Å². The maximum Gasteiger partial charge on any atom is 0.136 e. The minimum absolute atomic E-state index is 0.552. The number of nitrogens with zero attached hydrogens (tertiary/aromatic N) is 2. The highest BCUT2D eigenvalue weighted by Crippen LogP contribution is 2.27. The Bertz CT molecular complexity index is 571. The first-order valence-electron chi connectivity index (χ1n) is 6.13. The molecule has 2 rings (SSSR count). The van der Waals surface area contributed by atoms with Crippen LogP contribution in [0, 0.1) is 20.8 Å². The molecule has 0 radical (unpaired) electrons. The zero-order chi connectivity index (χ0) is 13.3. The van der Waals surface area contributed by atoms with Crippen LogP contribution in [0.4, 0.5) is 0 Å². The highest BCUT2D eigenvalue weighted by Gasteiger charge is 2.11. The van der Waals surface area contributed by atoms with Crippen molar-refractivity contribution in [1.82, 2.24) is 9.97 Å². The Morgan fingerprint density at radius 2 is 1.61 bits per heavy atom. The topological polar surface area (TPSA) is 25.8 Å². The molecule has 0 aliphatic rings. The van der Waals surface area contributed by atoms with Crippen LogP contribution >= 0.6 is 11.6 Å². The first-order chi connectivity index (χ1) is 8.51. The Kier molecular flexibility index (Phi) is 3.67. The first-order valence-corrected chi connectivity index (χ1v) is 6.50. The van der Waals surface area contributed by atoms with Crippen molar-refractivity contribution in [3.63, 3.8) is 0 Å². The summed E-state index contributed by atoms with van der Waals surface area (Å²) in [6, 6.07) is 6.43. The largest absolute Gasteiger partial charge is 0.233 e. The van der Waals surface area contributed by atoms with Crippen molar-refractivity contribution in [2.75, 3.05) is 0 Å². The van der Waals surface area contributed by atoms with Crippen molar-refractivity contribution >= 4 is 11.6 Å². The van der Waals surface area contributed by atoms with E-state index in [-0.39, 0.29) is 0 Å². The number of halogens is 1. The molecule has 0 aliphatic carbocycles. The predicted octanol–water partition coefficient (Wildman–Crippen LogP) is 4.28. The van der Waals surface area contributed by atoms with Crippen molar-refractivity contribution in [3.05, 3.63) is 45.9 Å². The number of rotatable bonds is 2. The van der Waals surface area contributed by atoms with Gasteiger partial charge in [-0.3, -0.25) is 0 Å². The van der Waals surface area contributed by atoms with Crippen LogP contribution in [0.2, 0.25) is 5.15 Å². The zero-order valence-electron chi connectivity index (χ0n) is 11.2. The van der Waals surface area contributed by atoms with E-state index >= 15 is 0 Å². The van der Waals surface area contributed by atoms with Gasteiger partial charge in [-0.2, -0.15) is 0 Å². The Labute approximate surface area is 113 Å². The number of hydrogen-bond acceptors (Lipinski definition) is 2. The molecule has 18 heavy (non-hydrogen) atoms. The van der Waals surface area contributed by atoms with Crippen molar-refractivity contribution in [1.29, 1.82) is 0 Å². The third-order valence-electron chi connectivity index (χ3n) is 2.94. The summed E-state index contributed by atoms with van der Waals surface area (Å²) in [6.45, 7) is 8.19. The van der Waals surface area contributed by atoms with Gasteiger partial charge in [-0.25, -0.2) is 9.97 Å². The summed E-state index contributed by atoms with van der Waals surface area (Å²) >= 11 is 6.18. The van der Waals surface area contributed by atoms with E-state index in [1.54, 1.807) is 0 Å². The molecule has 0 saturated carbocycles. The van der Waals surface area contributed by atoms with Gasteiger partial charge < -0.3 is 0 Å². The molecule has 0 saturated heterocycles. The Morgan fingerprint density at radius 1 is 1.00 bits per heavy atom. The van der Waals surface area contributed by atoms with Crippen molar-refractivity contribution in [3.8, 4) is 11.3 Å². The normalized spacial score (nSPS) is 10.7. The monoisotopic (exact) mass is 260 g/mol. The van der Waals surface area contributed by atoms with E-state index in [1.807, 2.05) is 13.8 Å². The highest BCUT2D eigenvalue weighted by molar-refractivity contribution is 6.30. The van der Waals surface area contributed by atoms with Crippen LogP contribution in [0.1, 0.15) is 29.4 Å². The molecule has 0 spiro atoms. The second-order valence-corrected chi connectivity index (χ2v) is 4.99. The smallest absolute Gasteiger partial charge is 0.136 e. The van der Waals surface area contributed by atoms with Crippen molar-refractivity contribution in [2.45, 2.75) is 34.1 Å². The molecular formula is C15H17ClN2. The summed E-state index contributed by atoms with van der Waals surface area (Å²) in [5.41, 5.74) is 5.47. The second kappa shape index (κ2) is 5.07. The molecule has 0 unspecified atom stereocenters. The average Bonchev–Trinajstić information content (AvgIpc) is 2.31. The number of benzene rings is 1. The third-order valence-corrected chi connectivity index (χ3v) is 3.31. The van der Waals surface area contributed by atoms with Gasteiger partial charge in [-0.1, -0.05) is 35.7 Å². The van der Waals surface area contributed by atoms with Gasteiger partial charge in [0.1, 0.15) is 11.0 Å². The summed E-state index contributed by atoms with van der Waals surface area (Å²) in [7, 11) is 0. The van der Waals surface area contributed by atoms with Crippen LogP contribution < -0.4 is 0 Å². The average molecular weight is 261 g/mol. The van der Waals surface area contributed by atoms with Crippen LogP contribution in [0.25, 0.3) is 11.3 Å². The number of aryl methyl sites for hydroxylation is 3. The van der Waals surface area contributed by atoms with Gasteiger partial charge in [0.2, 0.25) is 0 Å². The molecule has 2 aromatic rings. The fraction of sp³-hybridized carbons (Fsp3) is 0.333. The van der Waals surface area contributed by atoms with E-state index in [4.69, 9.17) is 11.6 Å². The van der Waals surface area contributed by atoms with E-state index < -0.39 is 0 Å². The van der Waals surface area contributed by atoms with Crippen molar-refractivity contribution in [2.24, 2.45) is 0 Å². The maximum absolute atomic E-state index is 6.18. The molecule has 0 amide bonds. The van der Waals surface area contributed by atoms with Gasteiger partial charge in [0.25, 0.3) is 0 Å². The second-order valence-electron chi connectivity index (χ2n) is 4.63. The standard InChI is InChI=1S/C15H17ClN2/c1-5-13-17-14(11(4)15(16)18-13)12-7-9(2)6-10(3)8-12/h6-8H,5H2,1-4H3. The summed E-state index contributed by atoms with van der Waals surface area (Å²) in [5.74, 6) is 0.791. The first kappa shape index (κ1) is 13.0. The fourth-order valence-electron chi connectivity index (χ4n) is 2.08. The number of aromatic nitrogens is 2. The molecule has 1 aromatic carbocycles. The van der Waals surface area contributed by atoms with Crippen molar-refractivity contribution < 1.29 is 0 Å². The molecule has 0 fully saturated rings. The molecule has 0 aliphatic heterocycles. The van der Waals surface area contributed by atoms with E-state index in [9.17, 15) is 0 Å². The Morgan fingerprint density at radius 3 is 2.17 bits per heavy atom. The lowest BCUT2D eigenvalue weighted by Crippen LogP contribution is -2.00. The quantitative estimate of drug-likeness (QED) is 0.753. The van der Waals surface area contributed by atoms with E-state index in [2.05, 4.69) is 42.0 Å². The minimum Gasteiger partial charge on any atom is -0.233 e. The molecule has 1 heterocycles. The van der Waals surface area contributed by atoms with Crippen LogP contribution in [0.15, 0.2) is 18.2 Å². The molecule has 2 nitrogen and oxygen atoms in total. The van der Waals surface area contributed by atoms with Crippen LogP contribution in [-0.4, -0.2) is 9.97 Å². The van der Waals surface area contributed by atoms with Gasteiger partial charge in [-0.15, -0.1) is 0 Å². The predicted molar refractivity (Wildman–Crippen MR) is 76.1 cm³/mol. The maximum atomic E-state index is 6.18. The lowest BCUT2D eigenvalue weighted by Gasteiger charge is -2.10. The Balaban J connectivity index is 2.65. The molecule has 3 heteroatoms. The van der Waals surface area contributed by atoms with Gasteiger partial charge in [0, 0.05) is 17.5 Å². The molecular weight excluding hydrogens is 244 g/mol. The van der Waals surface area contributed by atoms with Crippen LogP contribution in [-0.2, 0) is 6.42 Å². The van der Waals surface area contributed by atoms with Gasteiger partial charge in [-0.05, 0) is 32.9 Å². The molecule has 0 atom stereocenters. The van der Waals surface area contributed by atoms with E-state index in [0.29, 0.717) is 5.15 Å². The van der Waals surface area contributed by atoms with E-state index in [0.717, 1.165) is 29.1 Å². The molecule has 0 bridgehead atoms. The third kappa shape index (κ3) is 2.54. The summed E-state index contributed by atoms with van der Waals surface area (Å²) in [6.07, 6.45) is 0.789. The van der Waals surface area contributed by atoms with Crippen LogP contribution in [0.3, 0.4) is 0 Å². The highest BCUT2D eigenvalue weighted by atomic mass is 35.5. The van der Waals surface area contributed by atoms with Gasteiger partial charge in [0.05, 0.1) is 5.69 Å². The van der Waals surface area contributed by atoms with Crippen LogP contribution in [0.5, 0.6) is 0 Å². The summed E-state index contributed by atoms with van der Waals surface area (Å²) in [5, 5.41) is 0.552. The number of hydrogen-bond donors (Lipinski definition) is 0. The Hall–Kier alpha value is -1.41. The molecule has 94 valence electrons. The van der Waals surface area contributed by atoms with Gasteiger partial charge in [0.15, 0.2) is 0 Å². The fourth-order valence-corrected chi connectivity index (χ4v) is 2.27. The SMILES string of the molecule is CCc1nc(Cl)c(C)c(-c2cc(C)cc(C)c2)n1. The minimum atomic E-state index is 0.552. The van der Waals surface area contributed by atoms with Gasteiger partial charge >= 0.3 is 0 Å². The summed E-state index contributed by atoms with van der Waals surface area (Å²) < 4.78 is 0. The molecule has 1 aromatic heterocycles. The lowest BCUT2D eigenvalue weighted by atomic mass is 10.0. The zero-order valence-corrected chi connectivity index (χ0v) is 12.0.